The minimum atomic E-state index is -0.935. The number of halogens is 1. The van der Waals surface area contributed by atoms with E-state index >= 15 is 0 Å². The molecule has 7 heteroatoms. The molecule has 1 N–H and O–H groups in total. The van der Waals surface area contributed by atoms with Gasteiger partial charge in [-0.15, -0.1) is 0 Å². The zero-order valence-electron chi connectivity index (χ0n) is 16.3. The lowest BCUT2D eigenvalue weighted by molar-refractivity contribution is -0.119. The highest BCUT2D eigenvalue weighted by Crippen LogP contribution is 2.18. The van der Waals surface area contributed by atoms with Gasteiger partial charge in [-0.05, 0) is 42.0 Å². The van der Waals surface area contributed by atoms with Crippen LogP contribution in [0.3, 0.4) is 0 Å². The lowest BCUT2D eigenvalue weighted by atomic mass is 10.2. The molecule has 0 aliphatic rings. The van der Waals surface area contributed by atoms with Crippen molar-refractivity contribution in [3.63, 3.8) is 0 Å². The van der Waals surface area contributed by atoms with Crippen LogP contribution in [0.5, 0.6) is 11.5 Å². The third-order valence-corrected chi connectivity index (χ3v) is 4.12. The van der Waals surface area contributed by atoms with Crippen molar-refractivity contribution >= 4 is 17.6 Å². The van der Waals surface area contributed by atoms with Crippen LogP contribution >= 0.6 is 0 Å². The molecule has 0 unspecified atom stereocenters. The lowest BCUT2D eigenvalue weighted by Gasteiger charge is -2.09. The molecule has 1 amide bonds. The number of anilines is 1. The summed E-state index contributed by atoms with van der Waals surface area (Å²) in [5, 5.41) is 2.60. The van der Waals surface area contributed by atoms with Crippen molar-refractivity contribution in [1.82, 2.24) is 0 Å². The third-order valence-electron chi connectivity index (χ3n) is 4.12. The Labute approximate surface area is 173 Å². The first-order valence-electron chi connectivity index (χ1n) is 9.12. The maximum absolute atomic E-state index is 13.9. The third kappa shape index (κ3) is 5.81. The minimum Gasteiger partial charge on any atom is -0.497 e. The number of carbonyl (C=O) groups excluding carboxylic acids is 2. The van der Waals surface area contributed by atoms with E-state index in [-0.39, 0.29) is 11.3 Å². The van der Waals surface area contributed by atoms with Crippen LogP contribution in [0, 0.1) is 5.82 Å². The molecule has 3 aromatic carbocycles. The maximum atomic E-state index is 13.9. The fraction of sp³-hybridized carbons (Fsp3) is 0.130. The molecule has 154 valence electrons. The summed E-state index contributed by atoms with van der Waals surface area (Å²) in [6.07, 6.45) is 0. The molecule has 0 saturated carbocycles. The number of nitrogens with one attached hydrogen (secondary N) is 1. The number of ether oxygens (including phenoxy) is 3. The van der Waals surface area contributed by atoms with Crippen LogP contribution < -0.4 is 14.8 Å². The van der Waals surface area contributed by atoms with Crippen molar-refractivity contribution in [2.75, 3.05) is 19.0 Å². The van der Waals surface area contributed by atoms with Gasteiger partial charge in [-0.1, -0.05) is 30.3 Å². The van der Waals surface area contributed by atoms with E-state index in [0.29, 0.717) is 18.0 Å². The first-order chi connectivity index (χ1) is 14.5. The van der Waals surface area contributed by atoms with Crippen molar-refractivity contribution in [3.05, 3.63) is 89.7 Å². The van der Waals surface area contributed by atoms with E-state index in [1.54, 1.807) is 24.3 Å². The number of carbonyl (C=O) groups is 2. The molecule has 6 nitrogen and oxygen atoms in total. The molecule has 0 aromatic heterocycles. The van der Waals surface area contributed by atoms with Crippen molar-refractivity contribution in [3.8, 4) is 11.5 Å². The summed E-state index contributed by atoms with van der Waals surface area (Å²) in [5.41, 5.74) is 1.28. The standard InChI is InChI=1S/C23H20FNO5/c1-28-19-11-12-20(21(24)13-19)23(27)30-15-22(26)25-17-7-9-18(10-8-17)29-14-16-5-3-2-4-6-16/h2-13H,14-15H2,1H3,(H,25,26). The van der Waals surface area contributed by atoms with Crippen LogP contribution in [-0.2, 0) is 16.1 Å². The van der Waals surface area contributed by atoms with Gasteiger partial charge in [-0.25, -0.2) is 9.18 Å². The maximum Gasteiger partial charge on any atom is 0.341 e. The van der Waals surface area contributed by atoms with Crippen LogP contribution in [0.15, 0.2) is 72.8 Å². The Hall–Kier alpha value is -3.87. The molecule has 0 radical (unpaired) electrons. The molecule has 0 spiro atoms. The Morgan fingerprint density at radius 3 is 2.30 bits per heavy atom. The summed E-state index contributed by atoms with van der Waals surface area (Å²) >= 11 is 0. The first kappa shape index (κ1) is 20.9. The van der Waals surface area contributed by atoms with Crippen molar-refractivity contribution in [1.29, 1.82) is 0 Å². The summed E-state index contributed by atoms with van der Waals surface area (Å²) in [4.78, 5) is 24.0. The van der Waals surface area contributed by atoms with Crippen LogP contribution in [0.25, 0.3) is 0 Å². The second-order valence-corrected chi connectivity index (χ2v) is 6.27. The summed E-state index contributed by atoms with van der Waals surface area (Å²) in [5.74, 6) is -1.34. The van der Waals surface area contributed by atoms with Gasteiger partial charge in [0.05, 0.1) is 12.7 Å². The normalized spacial score (nSPS) is 10.2. The average molecular weight is 409 g/mol. The lowest BCUT2D eigenvalue weighted by Crippen LogP contribution is -2.21. The number of amides is 1. The highest BCUT2D eigenvalue weighted by atomic mass is 19.1. The predicted molar refractivity (Wildman–Crippen MR) is 109 cm³/mol. The molecule has 0 bridgehead atoms. The molecule has 0 atom stereocenters. The van der Waals surface area contributed by atoms with Gasteiger partial charge in [0.15, 0.2) is 6.61 Å². The Morgan fingerprint density at radius 1 is 0.933 bits per heavy atom. The molecular formula is C23H20FNO5. The van der Waals surface area contributed by atoms with Crippen LogP contribution in [0.4, 0.5) is 10.1 Å². The zero-order chi connectivity index (χ0) is 21.3. The molecule has 0 fully saturated rings. The second-order valence-electron chi connectivity index (χ2n) is 6.27. The van der Waals surface area contributed by atoms with E-state index in [1.807, 2.05) is 30.3 Å². The Bertz CT molecular complexity index is 1010. The highest BCUT2D eigenvalue weighted by Gasteiger charge is 2.15. The number of rotatable bonds is 8. The van der Waals surface area contributed by atoms with Crippen molar-refractivity contribution in [2.24, 2.45) is 0 Å². The Kier molecular flexibility index (Phi) is 7.00. The predicted octanol–water partition coefficient (Wildman–Crippen LogP) is 4.21. The molecule has 30 heavy (non-hydrogen) atoms. The summed E-state index contributed by atoms with van der Waals surface area (Å²) < 4.78 is 29.3. The molecule has 0 saturated heterocycles. The van der Waals surface area contributed by atoms with E-state index in [4.69, 9.17) is 14.2 Å². The van der Waals surface area contributed by atoms with Crippen molar-refractivity contribution < 1.29 is 28.2 Å². The van der Waals surface area contributed by atoms with Crippen molar-refractivity contribution in [2.45, 2.75) is 6.61 Å². The van der Waals surface area contributed by atoms with E-state index in [1.165, 1.54) is 19.2 Å². The number of esters is 1. The van der Waals surface area contributed by atoms with Gasteiger partial charge in [0, 0.05) is 11.8 Å². The largest absolute Gasteiger partial charge is 0.497 e. The second kappa shape index (κ2) is 10.1. The number of hydrogen-bond donors (Lipinski definition) is 1. The first-order valence-corrected chi connectivity index (χ1v) is 9.12. The van der Waals surface area contributed by atoms with E-state index in [0.717, 1.165) is 11.6 Å². The SMILES string of the molecule is COc1ccc(C(=O)OCC(=O)Nc2ccc(OCc3ccccc3)cc2)c(F)c1. The molecular weight excluding hydrogens is 389 g/mol. The Morgan fingerprint density at radius 2 is 1.63 bits per heavy atom. The van der Waals surface area contributed by atoms with Gasteiger partial charge in [0.1, 0.15) is 23.9 Å². The number of benzene rings is 3. The summed E-state index contributed by atoms with van der Waals surface area (Å²) in [7, 11) is 1.39. The molecule has 0 heterocycles. The molecule has 3 rings (SSSR count). The smallest absolute Gasteiger partial charge is 0.341 e. The van der Waals surface area contributed by atoms with Gasteiger partial charge in [-0.2, -0.15) is 0 Å². The van der Waals surface area contributed by atoms with Crippen LogP contribution in [-0.4, -0.2) is 25.6 Å². The monoisotopic (exact) mass is 409 g/mol. The summed E-state index contributed by atoms with van der Waals surface area (Å²) in [6, 6.07) is 20.3. The average Bonchev–Trinajstić information content (AvgIpc) is 2.77. The van der Waals surface area contributed by atoms with Gasteiger partial charge >= 0.3 is 5.97 Å². The Balaban J connectivity index is 1.47. The fourth-order valence-electron chi connectivity index (χ4n) is 2.57. The van der Waals surface area contributed by atoms with E-state index < -0.39 is 24.3 Å². The minimum absolute atomic E-state index is 0.275. The summed E-state index contributed by atoms with van der Waals surface area (Å²) in [6.45, 7) is -0.110. The van der Waals surface area contributed by atoms with Gasteiger partial charge in [0.25, 0.3) is 5.91 Å². The topological polar surface area (TPSA) is 73.9 Å². The number of hydrogen-bond acceptors (Lipinski definition) is 5. The molecule has 0 aliphatic carbocycles. The van der Waals surface area contributed by atoms with Gasteiger partial charge in [0.2, 0.25) is 0 Å². The quantitative estimate of drug-likeness (QED) is 0.564. The molecule has 3 aromatic rings. The highest BCUT2D eigenvalue weighted by molar-refractivity contribution is 5.95. The van der Waals surface area contributed by atoms with E-state index in [2.05, 4.69) is 5.32 Å². The van der Waals surface area contributed by atoms with Crippen LogP contribution in [0.1, 0.15) is 15.9 Å². The zero-order valence-corrected chi connectivity index (χ0v) is 16.3. The van der Waals surface area contributed by atoms with Gasteiger partial charge < -0.3 is 19.5 Å². The van der Waals surface area contributed by atoms with Crippen LogP contribution in [0.2, 0.25) is 0 Å². The van der Waals surface area contributed by atoms with Gasteiger partial charge in [-0.3, -0.25) is 4.79 Å². The number of methoxy groups -OCH3 is 1. The van der Waals surface area contributed by atoms with E-state index in [9.17, 15) is 14.0 Å². The molecule has 0 aliphatic heterocycles. The fourth-order valence-corrected chi connectivity index (χ4v) is 2.57.